The van der Waals surface area contributed by atoms with Crippen molar-refractivity contribution in [2.75, 3.05) is 6.54 Å². The van der Waals surface area contributed by atoms with E-state index in [1.807, 2.05) is 13.0 Å². The fraction of sp³-hybridized carbons (Fsp3) is 0.600. The van der Waals surface area contributed by atoms with Crippen LogP contribution in [0.2, 0.25) is 0 Å². The van der Waals surface area contributed by atoms with Crippen molar-refractivity contribution in [3.05, 3.63) is 24.2 Å². The highest BCUT2D eigenvalue weighted by molar-refractivity contribution is 5.04. The van der Waals surface area contributed by atoms with Crippen LogP contribution >= 0.6 is 0 Å². The Labute approximate surface area is 78.8 Å². The molecular weight excluding hydrogens is 166 g/mol. The molecule has 0 bridgehead atoms. The minimum absolute atomic E-state index is 0.170. The van der Waals surface area contributed by atoms with Crippen LogP contribution in [0.15, 0.2) is 23.0 Å². The molecule has 0 aliphatic rings. The first-order chi connectivity index (χ1) is 6.33. The summed E-state index contributed by atoms with van der Waals surface area (Å²) >= 11 is 0. The van der Waals surface area contributed by atoms with Crippen LogP contribution in [-0.2, 0) is 6.54 Å². The zero-order valence-corrected chi connectivity index (χ0v) is 7.99. The molecule has 0 saturated heterocycles. The van der Waals surface area contributed by atoms with Crippen molar-refractivity contribution in [2.45, 2.75) is 32.4 Å². The number of hydrogen-bond donors (Lipinski definition) is 2. The van der Waals surface area contributed by atoms with Crippen LogP contribution in [0.1, 0.15) is 25.3 Å². The van der Waals surface area contributed by atoms with Crippen molar-refractivity contribution in [1.82, 2.24) is 5.32 Å². The summed E-state index contributed by atoms with van der Waals surface area (Å²) in [5.41, 5.74) is 1.14. The lowest BCUT2D eigenvalue weighted by atomic mass is 10.2. The minimum Gasteiger partial charge on any atom is -0.472 e. The first kappa shape index (κ1) is 10.3. The SMILES string of the molecule is CCC(O)CCNCc1ccoc1. The van der Waals surface area contributed by atoms with Gasteiger partial charge < -0.3 is 14.8 Å². The highest BCUT2D eigenvalue weighted by Gasteiger charge is 1.99. The predicted octanol–water partition coefficient (Wildman–Crippen LogP) is 1.53. The van der Waals surface area contributed by atoms with Crippen LogP contribution in [0.4, 0.5) is 0 Å². The van der Waals surface area contributed by atoms with Crippen LogP contribution < -0.4 is 5.32 Å². The molecule has 13 heavy (non-hydrogen) atoms. The lowest BCUT2D eigenvalue weighted by Crippen LogP contribution is -2.19. The Kier molecular flexibility index (Phi) is 4.57. The Morgan fingerprint density at radius 2 is 2.46 bits per heavy atom. The van der Waals surface area contributed by atoms with E-state index in [1.54, 1.807) is 12.5 Å². The van der Waals surface area contributed by atoms with E-state index in [2.05, 4.69) is 5.32 Å². The van der Waals surface area contributed by atoms with Gasteiger partial charge >= 0.3 is 0 Å². The maximum Gasteiger partial charge on any atom is 0.0947 e. The van der Waals surface area contributed by atoms with E-state index in [1.165, 1.54) is 0 Å². The van der Waals surface area contributed by atoms with Crippen LogP contribution in [0.3, 0.4) is 0 Å². The summed E-state index contributed by atoms with van der Waals surface area (Å²) in [6.07, 6.45) is 4.86. The molecule has 1 unspecified atom stereocenters. The summed E-state index contributed by atoms with van der Waals surface area (Å²) in [6, 6.07) is 1.93. The summed E-state index contributed by atoms with van der Waals surface area (Å²) in [5, 5.41) is 12.5. The number of aliphatic hydroxyl groups is 1. The number of nitrogens with one attached hydrogen (secondary N) is 1. The molecule has 3 nitrogen and oxygen atoms in total. The molecule has 0 aliphatic heterocycles. The van der Waals surface area contributed by atoms with Crippen LogP contribution in [0.5, 0.6) is 0 Å². The lowest BCUT2D eigenvalue weighted by Gasteiger charge is -2.07. The van der Waals surface area contributed by atoms with Crippen molar-refractivity contribution >= 4 is 0 Å². The average Bonchev–Trinajstić information content (AvgIpc) is 2.64. The Balaban J connectivity index is 2.02. The Hall–Kier alpha value is -0.800. The van der Waals surface area contributed by atoms with E-state index in [-0.39, 0.29) is 6.10 Å². The largest absolute Gasteiger partial charge is 0.472 e. The number of furan rings is 1. The van der Waals surface area contributed by atoms with E-state index in [4.69, 9.17) is 4.42 Å². The zero-order valence-electron chi connectivity index (χ0n) is 7.99. The van der Waals surface area contributed by atoms with Crippen molar-refractivity contribution in [3.8, 4) is 0 Å². The van der Waals surface area contributed by atoms with Gasteiger partial charge in [0.05, 0.1) is 18.6 Å². The molecule has 0 amide bonds. The van der Waals surface area contributed by atoms with E-state index in [0.717, 1.165) is 31.5 Å². The Bertz CT molecular complexity index is 209. The Morgan fingerprint density at radius 3 is 3.08 bits per heavy atom. The molecule has 0 saturated carbocycles. The molecule has 0 fully saturated rings. The van der Waals surface area contributed by atoms with Crippen molar-refractivity contribution in [1.29, 1.82) is 0 Å². The van der Waals surface area contributed by atoms with Crippen molar-refractivity contribution in [3.63, 3.8) is 0 Å². The number of aliphatic hydroxyl groups excluding tert-OH is 1. The molecule has 1 aromatic rings. The maximum atomic E-state index is 9.26. The van der Waals surface area contributed by atoms with Crippen LogP contribution in [0, 0.1) is 0 Å². The lowest BCUT2D eigenvalue weighted by molar-refractivity contribution is 0.159. The highest BCUT2D eigenvalue weighted by Crippen LogP contribution is 1.99. The minimum atomic E-state index is -0.170. The van der Waals surface area contributed by atoms with Gasteiger partial charge in [0.2, 0.25) is 0 Å². The fourth-order valence-electron chi connectivity index (χ4n) is 1.10. The fourth-order valence-corrected chi connectivity index (χ4v) is 1.10. The van der Waals surface area contributed by atoms with Crippen LogP contribution in [-0.4, -0.2) is 17.8 Å². The topological polar surface area (TPSA) is 45.4 Å². The van der Waals surface area contributed by atoms with Gasteiger partial charge in [-0.3, -0.25) is 0 Å². The molecule has 2 N–H and O–H groups in total. The molecule has 0 spiro atoms. The van der Waals surface area contributed by atoms with Gasteiger partial charge in [0.1, 0.15) is 0 Å². The third-order valence-corrected chi connectivity index (χ3v) is 2.03. The zero-order chi connectivity index (χ0) is 9.52. The quantitative estimate of drug-likeness (QED) is 0.657. The highest BCUT2D eigenvalue weighted by atomic mass is 16.3. The monoisotopic (exact) mass is 183 g/mol. The molecule has 1 rings (SSSR count). The summed E-state index contributed by atoms with van der Waals surface area (Å²) in [6.45, 7) is 3.65. The summed E-state index contributed by atoms with van der Waals surface area (Å²) in [7, 11) is 0. The molecule has 1 heterocycles. The first-order valence-electron chi connectivity index (χ1n) is 4.72. The molecular formula is C10H17NO2. The average molecular weight is 183 g/mol. The van der Waals surface area contributed by atoms with Gasteiger partial charge in [-0.2, -0.15) is 0 Å². The van der Waals surface area contributed by atoms with Crippen molar-refractivity contribution < 1.29 is 9.52 Å². The van der Waals surface area contributed by atoms with Gasteiger partial charge in [0, 0.05) is 12.1 Å². The van der Waals surface area contributed by atoms with Gasteiger partial charge in [0.15, 0.2) is 0 Å². The molecule has 0 radical (unpaired) electrons. The number of rotatable bonds is 6. The third kappa shape index (κ3) is 4.10. The first-order valence-corrected chi connectivity index (χ1v) is 4.72. The molecule has 1 aromatic heterocycles. The molecule has 1 atom stereocenters. The molecule has 3 heteroatoms. The predicted molar refractivity (Wildman–Crippen MR) is 51.3 cm³/mol. The van der Waals surface area contributed by atoms with Crippen molar-refractivity contribution in [2.24, 2.45) is 0 Å². The van der Waals surface area contributed by atoms with Gasteiger partial charge in [-0.25, -0.2) is 0 Å². The van der Waals surface area contributed by atoms with Gasteiger partial charge in [-0.1, -0.05) is 6.92 Å². The van der Waals surface area contributed by atoms with E-state index in [9.17, 15) is 5.11 Å². The van der Waals surface area contributed by atoms with Gasteiger partial charge in [0.25, 0.3) is 0 Å². The van der Waals surface area contributed by atoms with E-state index >= 15 is 0 Å². The molecule has 0 aromatic carbocycles. The smallest absolute Gasteiger partial charge is 0.0947 e. The van der Waals surface area contributed by atoms with Gasteiger partial charge in [-0.15, -0.1) is 0 Å². The normalized spacial score (nSPS) is 13.1. The molecule has 0 aliphatic carbocycles. The van der Waals surface area contributed by atoms with Gasteiger partial charge in [-0.05, 0) is 25.5 Å². The molecule has 74 valence electrons. The second-order valence-corrected chi connectivity index (χ2v) is 3.16. The number of hydrogen-bond acceptors (Lipinski definition) is 3. The summed E-state index contributed by atoms with van der Waals surface area (Å²) in [4.78, 5) is 0. The second kappa shape index (κ2) is 5.78. The standard InChI is InChI=1S/C10H17NO2/c1-2-10(12)3-5-11-7-9-4-6-13-8-9/h4,6,8,10-12H,2-3,5,7H2,1H3. The third-order valence-electron chi connectivity index (χ3n) is 2.03. The Morgan fingerprint density at radius 1 is 1.62 bits per heavy atom. The second-order valence-electron chi connectivity index (χ2n) is 3.16. The van der Waals surface area contributed by atoms with Crippen LogP contribution in [0.25, 0.3) is 0 Å². The summed E-state index contributed by atoms with van der Waals surface area (Å²) in [5.74, 6) is 0. The van der Waals surface area contributed by atoms with E-state index < -0.39 is 0 Å². The van der Waals surface area contributed by atoms with E-state index in [0.29, 0.717) is 0 Å². The summed E-state index contributed by atoms with van der Waals surface area (Å²) < 4.78 is 4.92. The maximum absolute atomic E-state index is 9.26.